The Bertz CT molecular complexity index is 1050. The molecule has 0 saturated carbocycles. The molecule has 1 saturated heterocycles. The Morgan fingerprint density at radius 2 is 1.97 bits per heavy atom. The second-order valence-electron chi connectivity index (χ2n) is 6.84. The third kappa shape index (κ3) is 4.69. The third-order valence-corrected chi connectivity index (χ3v) is 7.11. The molecule has 1 atom stereocenters. The topological polar surface area (TPSA) is 84.9 Å². The van der Waals surface area contributed by atoms with Crippen LogP contribution in [0, 0.1) is 11.7 Å². The van der Waals surface area contributed by atoms with E-state index in [2.05, 4.69) is 5.32 Å². The fraction of sp³-hybridized carbons (Fsp3) is 0.350. The molecule has 1 heterocycles. The highest BCUT2D eigenvalue weighted by Crippen LogP contribution is 2.33. The number of carbonyl (C=O) groups excluding carboxylic acids is 1. The van der Waals surface area contributed by atoms with E-state index in [0.717, 1.165) is 6.07 Å². The lowest BCUT2D eigenvalue weighted by Gasteiger charge is -2.31. The van der Waals surface area contributed by atoms with E-state index in [0.29, 0.717) is 24.3 Å². The highest BCUT2D eigenvalue weighted by molar-refractivity contribution is 7.89. The lowest BCUT2D eigenvalue weighted by atomic mass is 9.99. The van der Waals surface area contributed by atoms with Gasteiger partial charge in [-0.3, -0.25) is 4.79 Å². The van der Waals surface area contributed by atoms with Crippen LogP contribution in [0.15, 0.2) is 41.3 Å². The van der Waals surface area contributed by atoms with Crippen molar-refractivity contribution in [2.75, 3.05) is 32.6 Å². The van der Waals surface area contributed by atoms with Gasteiger partial charge in [-0.15, -0.1) is 0 Å². The van der Waals surface area contributed by atoms with Gasteiger partial charge in [-0.05, 0) is 43.2 Å². The molecule has 162 valence electrons. The Morgan fingerprint density at radius 1 is 1.20 bits per heavy atom. The smallest absolute Gasteiger partial charge is 0.246 e. The van der Waals surface area contributed by atoms with E-state index in [1.54, 1.807) is 6.07 Å². The molecule has 0 aliphatic carbocycles. The number of nitrogens with zero attached hydrogens (tertiary/aromatic N) is 1. The Labute approximate surface area is 179 Å². The number of hydrogen-bond acceptors (Lipinski definition) is 5. The number of sulfonamides is 1. The average Bonchev–Trinajstić information content (AvgIpc) is 2.75. The standard InChI is InChI=1S/C20H22ClFN2O5S/c1-28-15-6-8-18(29-2)19(11-15)30(26,27)24-9-3-4-13(12-24)20(25)23-14-5-7-17(22)16(21)10-14/h5-8,10-11,13H,3-4,9,12H2,1-2H3,(H,23,25)/t13-/m0/s1. The number of halogens is 2. The maximum Gasteiger partial charge on any atom is 0.246 e. The quantitative estimate of drug-likeness (QED) is 0.718. The van der Waals surface area contributed by atoms with Gasteiger partial charge in [-0.2, -0.15) is 4.31 Å². The molecule has 1 aliphatic heterocycles. The maximum absolute atomic E-state index is 13.3. The van der Waals surface area contributed by atoms with E-state index in [1.165, 1.54) is 42.8 Å². The van der Waals surface area contributed by atoms with Gasteiger partial charge >= 0.3 is 0 Å². The molecule has 1 aliphatic rings. The van der Waals surface area contributed by atoms with Gasteiger partial charge in [0.05, 0.1) is 25.2 Å². The van der Waals surface area contributed by atoms with Crippen molar-refractivity contribution in [1.82, 2.24) is 4.31 Å². The van der Waals surface area contributed by atoms with Gasteiger partial charge in [0.2, 0.25) is 15.9 Å². The zero-order valence-electron chi connectivity index (χ0n) is 16.5. The Kier molecular flexibility index (Phi) is 6.84. The van der Waals surface area contributed by atoms with Gasteiger partial charge in [0.15, 0.2) is 0 Å². The summed E-state index contributed by atoms with van der Waals surface area (Å²) in [7, 11) is -1.08. The number of ether oxygens (including phenoxy) is 2. The normalized spacial score (nSPS) is 17.4. The van der Waals surface area contributed by atoms with E-state index in [9.17, 15) is 17.6 Å². The number of anilines is 1. The van der Waals surface area contributed by atoms with Crippen LogP contribution >= 0.6 is 11.6 Å². The lowest BCUT2D eigenvalue weighted by molar-refractivity contribution is -0.120. The second-order valence-corrected chi connectivity index (χ2v) is 9.15. The number of rotatable bonds is 6. The lowest BCUT2D eigenvalue weighted by Crippen LogP contribution is -2.43. The summed E-state index contributed by atoms with van der Waals surface area (Å²) in [5, 5.41) is 2.57. The highest BCUT2D eigenvalue weighted by atomic mass is 35.5. The van der Waals surface area contributed by atoms with Crippen molar-refractivity contribution in [2.24, 2.45) is 5.92 Å². The molecule has 7 nitrogen and oxygen atoms in total. The monoisotopic (exact) mass is 456 g/mol. The van der Waals surface area contributed by atoms with Gasteiger partial charge < -0.3 is 14.8 Å². The molecule has 0 spiro atoms. The van der Waals surface area contributed by atoms with Crippen molar-refractivity contribution in [1.29, 1.82) is 0 Å². The zero-order valence-corrected chi connectivity index (χ0v) is 18.1. The minimum Gasteiger partial charge on any atom is -0.497 e. The van der Waals surface area contributed by atoms with Crippen molar-refractivity contribution in [2.45, 2.75) is 17.7 Å². The van der Waals surface area contributed by atoms with Gasteiger partial charge in [-0.25, -0.2) is 12.8 Å². The SMILES string of the molecule is COc1ccc(OC)c(S(=O)(=O)N2CCC[C@H](C(=O)Nc3ccc(F)c(Cl)c3)C2)c1. The van der Waals surface area contributed by atoms with Crippen LogP contribution in [0.3, 0.4) is 0 Å². The number of hydrogen-bond donors (Lipinski definition) is 1. The Morgan fingerprint density at radius 3 is 2.63 bits per heavy atom. The van der Waals surface area contributed by atoms with E-state index < -0.39 is 21.8 Å². The Hall–Kier alpha value is -2.36. The maximum atomic E-state index is 13.3. The summed E-state index contributed by atoms with van der Waals surface area (Å²) in [5.41, 5.74) is 0.348. The van der Waals surface area contributed by atoms with Crippen molar-refractivity contribution in [3.8, 4) is 11.5 Å². The largest absolute Gasteiger partial charge is 0.497 e. The fourth-order valence-electron chi connectivity index (χ4n) is 3.32. The third-order valence-electron chi connectivity index (χ3n) is 4.93. The number of piperidine rings is 1. The molecular formula is C20H22ClFN2O5S. The summed E-state index contributed by atoms with van der Waals surface area (Å²) in [6.07, 6.45) is 1.05. The van der Waals surface area contributed by atoms with Crippen LogP contribution in [0.25, 0.3) is 0 Å². The number of methoxy groups -OCH3 is 2. The first-order chi connectivity index (χ1) is 14.3. The second kappa shape index (κ2) is 9.20. The number of carbonyl (C=O) groups is 1. The van der Waals surface area contributed by atoms with Gasteiger partial charge in [0.1, 0.15) is 22.2 Å². The summed E-state index contributed by atoms with van der Waals surface area (Å²) in [4.78, 5) is 12.7. The van der Waals surface area contributed by atoms with Gasteiger partial charge in [0, 0.05) is 24.8 Å². The summed E-state index contributed by atoms with van der Waals surface area (Å²) in [6, 6.07) is 8.41. The molecule has 0 unspecified atom stereocenters. The predicted molar refractivity (Wildman–Crippen MR) is 111 cm³/mol. The molecule has 10 heteroatoms. The highest BCUT2D eigenvalue weighted by Gasteiger charge is 2.35. The number of nitrogens with one attached hydrogen (secondary N) is 1. The zero-order chi connectivity index (χ0) is 21.9. The molecule has 30 heavy (non-hydrogen) atoms. The summed E-state index contributed by atoms with van der Waals surface area (Å²) >= 11 is 5.75. The Balaban J connectivity index is 1.79. The van der Waals surface area contributed by atoms with Crippen LogP contribution in [-0.4, -0.2) is 45.9 Å². The molecule has 2 aromatic rings. The summed E-state index contributed by atoms with van der Waals surface area (Å²) in [5.74, 6) is -0.918. The minimum atomic E-state index is -3.91. The van der Waals surface area contributed by atoms with E-state index in [-0.39, 0.29) is 34.7 Å². The fourth-order valence-corrected chi connectivity index (χ4v) is 5.19. The van der Waals surface area contributed by atoms with E-state index >= 15 is 0 Å². The van der Waals surface area contributed by atoms with Crippen molar-refractivity contribution in [3.05, 3.63) is 47.2 Å². The van der Waals surface area contributed by atoms with Gasteiger partial charge in [-0.1, -0.05) is 11.6 Å². The molecule has 1 N–H and O–H groups in total. The summed E-state index contributed by atoms with van der Waals surface area (Å²) < 4.78 is 51.4. The van der Waals surface area contributed by atoms with Crippen molar-refractivity contribution < 1.29 is 27.1 Å². The summed E-state index contributed by atoms with van der Waals surface area (Å²) in [6.45, 7) is 0.304. The first-order valence-corrected chi connectivity index (χ1v) is 11.1. The molecule has 0 radical (unpaired) electrons. The first-order valence-electron chi connectivity index (χ1n) is 9.24. The van der Waals surface area contributed by atoms with E-state index in [4.69, 9.17) is 21.1 Å². The van der Waals surface area contributed by atoms with Crippen LogP contribution < -0.4 is 14.8 Å². The molecular weight excluding hydrogens is 435 g/mol. The predicted octanol–water partition coefficient (Wildman–Crippen LogP) is 3.54. The van der Waals surface area contributed by atoms with Crippen LogP contribution in [0.4, 0.5) is 10.1 Å². The first kappa shape index (κ1) is 22.3. The molecule has 3 rings (SSSR count). The van der Waals surface area contributed by atoms with Crippen molar-refractivity contribution in [3.63, 3.8) is 0 Å². The van der Waals surface area contributed by atoms with Crippen LogP contribution in [0.2, 0.25) is 5.02 Å². The number of benzene rings is 2. The molecule has 1 amide bonds. The van der Waals surface area contributed by atoms with Crippen LogP contribution in [0.5, 0.6) is 11.5 Å². The molecule has 2 aromatic carbocycles. The average molecular weight is 457 g/mol. The molecule has 0 bridgehead atoms. The van der Waals surface area contributed by atoms with Crippen LogP contribution in [0.1, 0.15) is 12.8 Å². The van der Waals surface area contributed by atoms with Crippen molar-refractivity contribution >= 4 is 33.2 Å². The minimum absolute atomic E-state index is 0.0173. The molecule has 1 fully saturated rings. The van der Waals surface area contributed by atoms with Gasteiger partial charge in [0.25, 0.3) is 0 Å². The number of amides is 1. The van der Waals surface area contributed by atoms with E-state index in [1.807, 2.05) is 0 Å². The van der Waals surface area contributed by atoms with Crippen LogP contribution in [-0.2, 0) is 14.8 Å². The molecule has 0 aromatic heterocycles.